The zero-order valence-corrected chi connectivity index (χ0v) is 12.6. The molecule has 22 heavy (non-hydrogen) atoms. The molecular weight excluding hydrogens is 314 g/mol. The van der Waals surface area contributed by atoms with E-state index in [1.807, 2.05) is 6.07 Å². The molecule has 1 amide bonds. The molecule has 0 atom stereocenters. The summed E-state index contributed by atoms with van der Waals surface area (Å²) in [5, 5.41) is 0. The highest BCUT2D eigenvalue weighted by atomic mass is 35.5. The van der Waals surface area contributed by atoms with E-state index in [1.165, 1.54) is 12.3 Å². The van der Waals surface area contributed by atoms with Gasteiger partial charge in [0.05, 0.1) is 18.7 Å². The summed E-state index contributed by atoms with van der Waals surface area (Å²) in [4.78, 5) is 13.4. The highest BCUT2D eigenvalue weighted by molar-refractivity contribution is 5.94. The first-order chi connectivity index (χ1) is 10.1. The Bertz CT molecular complexity index is 590. The van der Waals surface area contributed by atoms with Gasteiger partial charge in [-0.2, -0.15) is 0 Å². The zero-order valence-electron chi connectivity index (χ0n) is 11.7. The Morgan fingerprint density at radius 2 is 1.95 bits per heavy atom. The highest BCUT2D eigenvalue weighted by Gasteiger charge is 2.21. The third-order valence-corrected chi connectivity index (χ3v) is 2.96. The normalized spacial score (nSPS) is 10.4. The van der Waals surface area contributed by atoms with E-state index in [2.05, 4.69) is 0 Å². The van der Waals surface area contributed by atoms with Crippen LogP contribution in [0.1, 0.15) is 21.7 Å². The van der Waals surface area contributed by atoms with Gasteiger partial charge >= 0.3 is 0 Å². The Balaban J connectivity index is 0.00000242. The van der Waals surface area contributed by atoms with Gasteiger partial charge < -0.3 is 15.1 Å². The molecule has 0 bridgehead atoms. The van der Waals surface area contributed by atoms with Gasteiger partial charge in [-0.05, 0) is 11.6 Å². The summed E-state index contributed by atoms with van der Waals surface area (Å²) in [7, 11) is 0. The molecule has 0 radical (unpaired) electrons. The minimum atomic E-state index is -2.60. The Morgan fingerprint density at radius 3 is 2.50 bits per heavy atom. The number of benzene rings is 1. The molecule has 0 unspecified atom stereocenters. The van der Waals surface area contributed by atoms with E-state index in [0.717, 1.165) is 10.5 Å². The van der Waals surface area contributed by atoms with Crippen LogP contribution in [0.15, 0.2) is 47.1 Å². The van der Waals surface area contributed by atoms with Crippen LogP contribution >= 0.6 is 12.4 Å². The van der Waals surface area contributed by atoms with Gasteiger partial charge in [0.1, 0.15) is 12.0 Å². The average molecular weight is 331 g/mol. The highest BCUT2D eigenvalue weighted by Crippen LogP contribution is 2.14. The van der Waals surface area contributed by atoms with Gasteiger partial charge in [0.15, 0.2) is 0 Å². The van der Waals surface area contributed by atoms with Crippen LogP contribution in [0.4, 0.5) is 8.78 Å². The van der Waals surface area contributed by atoms with Gasteiger partial charge in [-0.1, -0.05) is 30.3 Å². The zero-order chi connectivity index (χ0) is 15.2. The summed E-state index contributed by atoms with van der Waals surface area (Å²) >= 11 is 0. The number of carbonyl (C=O) groups excluding carboxylic acids is 1. The van der Waals surface area contributed by atoms with Crippen LogP contribution in [0.3, 0.4) is 0 Å². The van der Waals surface area contributed by atoms with E-state index in [1.54, 1.807) is 24.3 Å². The number of furan rings is 1. The minimum absolute atomic E-state index is 0. The number of hydrogen-bond acceptors (Lipinski definition) is 3. The lowest BCUT2D eigenvalue weighted by atomic mass is 10.2. The van der Waals surface area contributed by atoms with Crippen molar-refractivity contribution in [1.82, 2.24) is 4.90 Å². The van der Waals surface area contributed by atoms with E-state index < -0.39 is 18.9 Å². The van der Waals surface area contributed by atoms with E-state index >= 15 is 0 Å². The molecule has 2 rings (SSSR count). The van der Waals surface area contributed by atoms with Crippen molar-refractivity contribution in [2.75, 3.05) is 6.54 Å². The molecule has 1 heterocycles. The Labute approximate surface area is 133 Å². The lowest BCUT2D eigenvalue weighted by Gasteiger charge is -2.21. The standard InChI is InChI=1S/C15H16F2N2O2.ClH/c16-14(17)9-19(8-11-4-2-1-3-5-11)15(20)12-6-13(7-18)21-10-12;/h1-6,10,14H,7-9,18H2;1H. The molecule has 2 N–H and O–H groups in total. The fraction of sp³-hybridized carbons (Fsp3) is 0.267. The van der Waals surface area contributed by atoms with Gasteiger partial charge in [0.25, 0.3) is 12.3 Å². The fourth-order valence-electron chi connectivity index (χ4n) is 1.97. The molecule has 120 valence electrons. The van der Waals surface area contributed by atoms with Crippen LogP contribution in [0.5, 0.6) is 0 Å². The molecule has 0 aliphatic carbocycles. The molecule has 0 aliphatic rings. The number of nitrogens with two attached hydrogens (primary N) is 1. The second kappa shape index (κ2) is 8.51. The molecule has 4 nitrogen and oxygen atoms in total. The monoisotopic (exact) mass is 330 g/mol. The molecule has 0 saturated heterocycles. The van der Waals surface area contributed by atoms with Gasteiger partial charge in [0.2, 0.25) is 0 Å². The molecule has 1 aromatic carbocycles. The number of amides is 1. The number of hydrogen-bond donors (Lipinski definition) is 1. The molecule has 0 saturated carbocycles. The third kappa shape index (κ3) is 4.82. The predicted molar refractivity (Wildman–Crippen MR) is 81.0 cm³/mol. The Morgan fingerprint density at radius 1 is 1.27 bits per heavy atom. The molecular formula is C15H17ClF2N2O2. The van der Waals surface area contributed by atoms with E-state index in [4.69, 9.17) is 10.2 Å². The van der Waals surface area contributed by atoms with Crippen molar-refractivity contribution in [2.24, 2.45) is 5.73 Å². The number of alkyl halides is 2. The van der Waals surface area contributed by atoms with E-state index in [-0.39, 0.29) is 31.1 Å². The topological polar surface area (TPSA) is 59.5 Å². The van der Waals surface area contributed by atoms with Crippen molar-refractivity contribution in [2.45, 2.75) is 19.5 Å². The van der Waals surface area contributed by atoms with Crippen LogP contribution in [0, 0.1) is 0 Å². The second-order valence-electron chi connectivity index (χ2n) is 4.57. The fourth-order valence-corrected chi connectivity index (χ4v) is 1.97. The van der Waals surface area contributed by atoms with Crippen LogP contribution in [-0.2, 0) is 13.1 Å². The quantitative estimate of drug-likeness (QED) is 0.885. The number of rotatable bonds is 6. The summed E-state index contributed by atoms with van der Waals surface area (Å²) in [5.41, 5.74) is 6.42. The minimum Gasteiger partial charge on any atom is -0.467 e. The first kappa shape index (κ1) is 18.1. The molecule has 0 aliphatic heterocycles. The first-order valence-electron chi connectivity index (χ1n) is 6.49. The van der Waals surface area contributed by atoms with E-state index in [0.29, 0.717) is 5.76 Å². The van der Waals surface area contributed by atoms with Gasteiger partial charge in [0, 0.05) is 6.54 Å². The molecule has 1 aromatic heterocycles. The summed E-state index contributed by atoms with van der Waals surface area (Å²) in [6, 6.07) is 10.5. The number of carbonyl (C=O) groups is 1. The SMILES string of the molecule is Cl.NCc1cc(C(=O)N(Cc2ccccc2)CC(F)F)co1. The van der Waals surface area contributed by atoms with Crippen molar-refractivity contribution in [3.63, 3.8) is 0 Å². The van der Waals surface area contributed by atoms with Gasteiger partial charge in [-0.3, -0.25) is 4.79 Å². The largest absolute Gasteiger partial charge is 0.467 e. The Hall–Kier alpha value is -1.92. The van der Waals surface area contributed by atoms with Crippen molar-refractivity contribution in [3.8, 4) is 0 Å². The van der Waals surface area contributed by atoms with Gasteiger partial charge in [-0.15, -0.1) is 12.4 Å². The third-order valence-electron chi connectivity index (χ3n) is 2.96. The Kier molecular flexibility index (Phi) is 7.01. The van der Waals surface area contributed by atoms with Crippen LogP contribution in [-0.4, -0.2) is 23.8 Å². The van der Waals surface area contributed by atoms with Crippen LogP contribution < -0.4 is 5.73 Å². The van der Waals surface area contributed by atoms with Crippen molar-refractivity contribution < 1.29 is 18.0 Å². The molecule has 0 spiro atoms. The van der Waals surface area contributed by atoms with Crippen LogP contribution in [0.25, 0.3) is 0 Å². The van der Waals surface area contributed by atoms with Crippen molar-refractivity contribution in [1.29, 1.82) is 0 Å². The molecule has 0 fully saturated rings. The first-order valence-corrected chi connectivity index (χ1v) is 6.49. The predicted octanol–water partition coefficient (Wildman–Crippen LogP) is 3.07. The summed E-state index contributed by atoms with van der Waals surface area (Å²) in [6.45, 7) is -0.356. The molecule has 7 heteroatoms. The second-order valence-corrected chi connectivity index (χ2v) is 4.57. The van der Waals surface area contributed by atoms with E-state index in [9.17, 15) is 13.6 Å². The molecule has 2 aromatic rings. The van der Waals surface area contributed by atoms with Crippen LogP contribution in [0.2, 0.25) is 0 Å². The van der Waals surface area contributed by atoms with Gasteiger partial charge in [-0.25, -0.2) is 8.78 Å². The summed E-state index contributed by atoms with van der Waals surface area (Å²) in [6.07, 6.45) is -1.35. The van der Waals surface area contributed by atoms with Crippen molar-refractivity contribution >= 4 is 18.3 Å². The number of halogens is 3. The maximum atomic E-state index is 12.7. The lowest BCUT2D eigenvalue weighted by molar-refractivity contribution is 0.0534. The summed E-state index contributed by atoms with van der Waals surface area (Å²) in [5.74, 6) is -0.0577. The summed E-state index contributed by atoms with van der Waals surface area (Å²) < 4.78 is 30.5. The average Bonchev–Trinajstić information content (AvgIpc) is 2.95. The van der Waals surface area contributed by atoms with Crippen molar-refractivity contribution in [3.05, 3.63) is 59.5 Å². The maximum absolute atomic E-state index is 12.7. The lowest BCUT2D eigenvalue weighted by Crippen LogP contribution is -2.34. The maximum Gasteiger partial charge on any atom is 0.257 e. The smallest absolute Gasteiger partial charge is 0.257 e. The number of nitrogens with zero attached hydrogens (tertiary/aromatic N) is 1.